The standard InChI is InChI=1S/C10H13NO3/c11-9(13)10(14,7-12)6-8-4-2-1-3-5-8/h1-5,12,14H,6-7H2,(H2,11,13). The van der Waals surface area contributed by atoms with Gasteiger partial charge in [0.1, 0.15) is 0 Å². The Balaban J connectivity index is 2.81. The van der Waals surface area contributed by atoms with Gasteiger partial charge in [-0.1, -0.05) is 30.3 Å². The molecule has 1 aromatic carbocycles. The number of benzene rings is 1. The first kappa shape index (κ1) is 10.7. The lowest BCUT2D eigenvalue weighted by Crippen LogP contribution is -2.48. The van der Waals surface area contributed by atoms with Crippen LogP contribution in [0.3, 0.4) is 0 Å². The Hall–Kier alpha value is -1.39. The Morgan fingerprint density at radius 3 is 2.36 bits per heavy atom. The molecule has 0 aliphatic carbocycles. The molecule has 1 rings (SSSR count). The summed E-state index contributed by atoms with van der Waals surface area (Å²) in [7, 11) is 0. The third-order valence-corrected chi connectivity index (χ3v) is 2.06. The molecule has 0 bridgehead atoms. The summed E-state index contributed by atoms with van der Waals surface area (Å²) >= 11 is 0. The van der Waals surface area contributed by atoms with Crippen molar-refractivity contribution in [2.24, 2.45) is 5.73 Å². The summed E-state index contributed by atoms with van der Waals surface area (Å²) in [5.41, 5.74) is 3.87. The van der Waals surface area contributed by atoms with Crippen molar-refractivity contribution in [2.75, 3.05) is 6.61 Å². The largest absolute Gasteiger partial charge is 0.393 e. The van der Waals surface area contributed by atoms with E-state index in [9.17, 15) is 9.90 Å². The van der Waals surface area contributed by atoms with Crippen molar-refractivity contribution >= 4 is 5.91 Å². The van der Waals surface area contributed by atoms with E-state index in [1.54, 1.807) is 24.3 Å². The summed E-state index contributed by atoms with van der Waals surface area (Å²) in [6.45, 7) is -0.669. The number of primary amides is 1. The van der Waals surface area contributed by atoms with Crippen LogP contribution in [-0.4, -0.2) is 28.3 Å². The molecule has 4 nitrogen and oxygen atoms in total. The van der Waals surface area contributed by atoms with E-state index < -0.39 is 18.1 Å². The van der Waals surface area contributed by atoms with Crippen LogP contribution < -0.4 is 5.73 Å². The average Bonchev–Trinajstić information content (AvgIpc) is 2.19. The first-order chi connectivity index (χ1) is 6.58. The molecular weight excluding hydrogens is 182 g/mol. The highest BCUT2D eigenvalue weighted by molar-refractivity contribution is 5.83. The second-order valence-electron chi connectivity index (χ2n) is 3.22. The van der Waals surface area contributed by atoms with Gasteiger partial charge in [-0.2, -0.15) is 0 Å². The van der Waals surface area contributed by atoms with E-state index >= 15 is 0 Å². The molecule has 0 fully saturated rings. The monoisotopic (exact) mass is 195 g/mol. The number of rotatable bonds is 4. The highest BCUT2D eigenvalue weighted by Gasteiger charge is 2.33. The molecule has 0 saturated heterocycles. The zero-order chi connectivity index (χ0) is 10.6. The van der Waals surface area contributed by atoms with Gasteiger partial charge >= 0.3 is 0 Å². The molecule has 14 heavy (non-hydrogen) atoms. The maximum Gasteiger partial charge on any atom is 0.252 e. The highest BCUT2D eigenvalue weighted by Crippen LogP contribution is 2.12. The predicted octanol–water partition coefficient (Wildman–Crippen LogP) is -0.562. The lowest BCUT2D eigenvalue weighted by atomic mass is 9.95. The molecule has 1 atom stereocenters. The predicted molar refractivity (Wildman–Crippen MR) is 51.4 cm³/mol. The number of hydrogen-bond acceptors (Lipinski definition) is 3. The number of aliphatic hydroxyl groups excluding tert-OH is 1. The molecule has 0 aromatic heterocycles. The van der Waals surface area contributed by atoms with Crippen LogP contribution >= 0.6 is 0 Å². The summed E-state index contributed by atoms with van der Waals surface area (Å²) in [5, 5.41) is 18.5. The second-order valence-corrected chi connectivity index (χ2v) is 3.22. The minimum absolute atomic E-state index is 0.0275. The van der Waals surface area contributed by atoms with E-state index in [2.05, 4.69) is 0 Å². The van der Waals surface area contributed by atoms with Crippen LogP contribution in [0.25, 0.3) is 0 Å². The Morgan fingerprint density at radius 1 is 1.36 bits per heavy atom. The van der Waals surface area contributed by atoms with Crippen molar-refractivity contribution in [3.63, 3.8) is 0 Å². The summed E-state index contributed by atoms with van der Waals surface area (Å²) < 4.78 is 0. The fourth-order valence-electron chi connectivity index (χ4n) is 1.15. The fourth-order valence-corrected chi connectivity index (χ4v) is 1.15. The van der Waals surface area contributed by atoms with Gasteiger partial charge in [0, 0.05) is 6.42 Å². The molecule has 4 N–H and O–H groups in total. The Kier molecular flexibility index (Phi) is 3.22. The molecule has 76 valence electrons. The quantitative estimate of drug-likeness (QED) is 0.602. The van der Waals surface area contributed by atoms with Gasteiger partial charge in [-0.05, 0) is 5.56 Å². The van der Waals surface area contributed by atoms with Gasteiger partial charge < -0.3 is 15.9 Å². The van der Waals surface area contributed by atoms with Gasteiger partial charge in [0.15, 0.2) is 5.60 Å². The van der Waals surface area contributed by atoms with E-state index in [0.717, 1.165) is 5.56 Å². The molecular formula is C10H13NO3. The third-order valence-electron chi connectivity index (χ3n) is 2.06. The number of amides is 1. The fraction of sp³-hybridized carbons (Fsp3) is 0.300. The van der Waals surface area contributed by atoms with Crippen molar-refractivity contribution in [3.05, 3.63) is 35.9 Å². The SMILES string of the molecule is NC(=O)C(O)(CO)Cc1ccccc1. The molecule has 0 aliphatic rings. The van der Waals surface area contributed by atoms with Gasteiger partial charge in [0.25, 0.3) is 5.91 Å². The minimum Gasteiger partial charge on any atom is -0.393 e. The van der Waals surface area contributed by atoms with Crippen LogP contribution in [0.2, 0.25) is 0 Å². The van der Waals surface area contributed by atoms with Crippen LogP contribution in [0.5, 0.6) is 0 Å². The lowest BCUT2D eigenvalue weighted by molar-refractivity contribution is -0.140. The van der Waals surface area contributed by atoms with Crippen LogP contribution in [0.15, 0.2) is 30.3 Å². The molecule has 1 unspecified atom stereocenters. The number of carbonyl (C=O) groups is 1. The zero-order valence-electron chi connectivity index (χ0n) is 7.68. The molecule has 0 aliphatic heterocycles. The maximum atomic E-state index is 10.9. The van der Waals surface area contributed by atoms with Gasteiger partial charge in [0.05, 0.1) is 6.61 Å². The van der Waals surface area contributed by atoms with Gasteiger partial charge in [0.2, 0.25) is 0 Å². The number of carbonyl (C=O) groups excluding carboxylic acids is 1. The summed E-state index contributed by atoms with van der Waals surface area (Å²) in [6, 6.07) is 8.90. The molecule has 0 saturated carbocycles. The summed E-state index contributed by atoms with van der Waals surface area (Å²) in [5.74, 6) is -0.913. The topological polar surface area (TPSA) is 83.6 Å². The van der Waals surface area contributed by atoms with E-state index in [-0.39, 0.29) is 6.42 Å². The third kappa shape index (κ3) is 2.31. The van der Waals surface area contributed by atoms with Crippen molar-refractivity contribution in [2.45, 2.75) is 12.0 Å². The first-order valence-electron chi connectivity index (χ1n) is 4.25. The normalized spacial score (nSPS) is 14.7. The van der Waals surface area contributed by atoms with Crippen molar-refractivity contribution in [3.8, 4) is 0 Å². The first-order valence-corrected chi connectivity index (χ1v) is 4.25. The van der Waals surface area contributed by atoms with E-state index in [4.69, 9.17) is 10.8 Å². The van der Waals surface area contributed by atoms with Gasteiger partial charge in [-0.15, -0.1) is 0 Å². The van der Waals surface area contributed by atoms with E-state index in [0.29, 0.717) is 0 Å². The van der Waals surface area contributed by atoms with Crippen LogP contribution in [0.4, 0.5) is 0 Å². The maximum absolute atomic E-state index is 10.9. The van der Waals surface area contributed by atoms with Crippen LogP contribution in [0.1, 0.15) is 5.56 Å². The Morgan fingerprint density at radius 2 is 1.93 bits per heavy atom. The molecule has 1 amide bonds. The number of hydrogen-bond donors (Lipinski definition) is 3. The average molecular weight is 195 g/mol. The zero-order valence-corrected chi connectivity index (χ0v) is 7.68. The summed E-state index contributed by atoms with van der Waals surface area (Å²) in [4.78, 5) is 10.9. The lowest BCUT2D eigenvalue weighted by Gasteiger charge is -2.21. The Bertz CT molecular complexity index is 312. The molecule has 0 radical (unpaired) electrons. The van der Waals surface area contributed by atoms with Gasteiger partial charge in [-0.25, -0.2) is 0 Å². The van der Waals surface area contributed by atoms with Gasteiger partial charge in [-0.3, -0.25) is 4.79 Å². The summed E-state index contributed by atoms with van der Waals surface area (Å²) in [6.07, 6.45) is 0.0275. The van der Waals surface area contributed by atoms with E-state index in [1.807, 2.05) is 6.07 Å². The van der Waals surface area contributed by atoms with Crippen LogP contribution in [0, 0.1) is 0 Å². The van der Waals surface area contributed by atoms with Crippen molar-refractivity contribution in [1.29, 1.82) is 0 Å². The number of nitrogens with two attached hydrogens (primary N) is 1. The Labute approximate surface area is 82.0 Å². The minimum atomic E-state index is -1.86. The molecule has 0 heterocycles. The molecule has 1 aromatic rings. The van der Waals surface area contributed by atoms with Crippen molar-refractivity contribution in [1.82, 2.24) is 0 Å². The number of aliphatic hydroxyl groups is 2. The molecule has 0 spiro atoms. The highest BCUT2D eigenvalue weighted by atomic mass is 16.3. The smallest absolute Gasteiger partial charge is 0.252 e. The second kappa shape index (κ2) is 4.21. The molecule has 4 heteroatoms. The van der Waals surface area contributed by atoms with E-state index in [1.165, 1.54) is 0 Å². The van der Waals surface area contributed by atoms with Crippen molar-refractivity contribution < 1.29 is 15.0 Å². The van der Waals surface area contributed by atoms with Crippen LogP contribution in [-0.2, 0) is 11.2 Å².